The van der Waals surface area contributed by atoms with Gasteiger partial charge >= 0.3 is 0 Å². The van der Waals surface area contributed by atoms with Gasteiger partial charge in [-0.15, -0.1) is 11.3 Å². The Morgan fingerprint density at radius 3 is 2.93 bits per heavy atom. The minimum absolute atomic E-state index is 0.359. The van der Waals surface area contributed by atoms with E-state index >= 15 is 0 Å². The fourth-order valence-electron chi connectivity index (χ4n) is 1.27. The van der Waals surface area contributed by atoms with Gasteiger partial charge in [-0.1, -0.05) is 11.6 Å². The molecule has 78 valence electrons. The number of hydrogen-bond donors (Lipinski definition) is 1. The summed E-state index contributed by atoms with van der Waals surface area (Å²) >= 11 is 7.18. The maximum absolute atomic E-state index is 13.5. The summed E-state index contributed by atoms with van der Waals surface area (Å²) in [4.78, 5) is 4.05. The fraction of sp³-hybridized carbons (Fsp3) is 0.100. The van der Waals surface area contributed by atoms with Crippen LogP contribution in [0.25, 0.3) is 0 Å². The highest BCUT2D eigenvalue weighted by molar-refractivity contribution is 7.09. The molecule has 2 N–H and O–H groups in total. The molecule has 0 amide bonds. The third-order valence-corrected chi connectivity index (χ3v) is 3.10. The van der Waals surface area contributed by atoms with Gasteiger partial charge in [-0.05, 0) is 18.2 Å². The lowest BCUT2D eigenvalue weighted by atomic mass is 10.1. The average molecular weight is 243 g/mol. The van der Waals surface area contributed by atoms with Crippen LogP contribution in [-0.4, -0.2) is 4.98 Å². The lowest BCUT2D eigenvalue weighted by Gasteiger charge is -2.10. The lowest BCUT2D eigenvalue weighted by molar-refractivity contribution is 0.599. The van der Waals surface area contributed by atoms with Gasteiger partial charge in [0.2, 0.25) is 0 Å². The highest BCUT2D eigenvalue weighted by Gasteiger charge is 2.15. The molecule has 2 nitrogen and oxygen atoms in total. The number of aromatic nitrogens is 1. The van der Waals surface area contributed by atoms with E-state index in [2.05, 4.69) is 4.98 Å². The number of nitrogens with two attached hydrogens (primary N) is 1. The normalized spacial score (nSPS) is 12.7. The Bertz CT molecular complexity index is 458. The van der Waals surface area contributed by atoms with E-state index in [9.17, 15) is 4.39 Å². The third kappa shape index (κ3) is 2.17. The molecule has 0 fully saturated rings. The summed E-state index contributed by atoms with van der Waals surface area (Å²) in [5.41, 5.74) is 6.25. The van der Waals surface area contributed by atoms with Crippen LogP contribution >= 0.6 is 22.9 Å². The van der Waals surface area contributed by atoms with E-state index in [1.165, 1.54) is 29.5 Å². The number of hydrogen-bond acceptors (Lipinski definition) is 3. The zero-order valence-electron chi connectivity index (χ0n) is 7.65. The predicted molar refractivity (Wildman–Crippen MR) is 59.6 cm³/mol. The van der Waals surface area contributed by atoms with Crippen LogP contribution in [0, 0.1) is 5.82 Å². The summed E-state index contributed by atoms with van der Waals surface area (Å²) in [6, 6.07) is 3.78. The second kappa shape index (κ2) is 4.26. The molecule has 2 aromatic rings. The van der Waals surface area contributed by atoms with Crippen LogP contribution in [0.1, 0.15) is 16.6 Å². The second-order valence-corrected chi connectivity index (χ2v) is 4.38. The molecule has 0 spiro atoms. The van der Waals surface area contributed by atoms with E-state index in [1.807, 2.05) is 0 Å². The quantitative estimate of drug-likeness (QED) is 0.879. The van der Waals surface area contributed by atoms with Crippen LogP contribution in [0.5, 0.6) is 0 Å². The van der Waals surface area contributed by atoms with Crippen molar-refractivity contribution in [2.75, 3.05) is 0 Å². The van der Waals surface area contributed by atoms with E-state index in [1.54, 1.807) is 11.6 Å². The van der Waals surface area contributed by atoms with Crippen molar-refractivity contribution in [1.29, 1.82) is 0 Å². The maximum Gasteiger partial charge on any atom is 0.128 e. The molecule has 1 unspecified atom stereocenters. The van der Waals surface area contributed by atoms with Gasteiger partial charge < -0.3 is 5.73 Å². The molecular weight excluding hydrogens is 235 g/mol. The van der Waals surface area contributed by atoms with Crippen molar-refractivity contribution in [3.05, 3.63) is 51.2 Å². The van der Waals surface area contributed by atoms with Gasteiger partial charge in [0.15, 0.2) is 0 Å². The first-order valence-electron chi connectivity index (χ1n) is 4.28. The molecule has 15 heavy (non-hydrogen) atoms. The zero-order chi connectivity index (χ0) is 10.8. The predicted octanol–water partition coefficient (Wildman–Crippen LogP) is 2.98. The Hall–Kier alpha value is -0.970. The minimum atomic E-state index is -0.552. The van der Waals surface area contributed by atoms with Crippen molar-refractivity contribution in [2.45, 2.75) is 6.04 Å². The van der Waals surface area contributed by atoms with E-state index in [4.69, 9.17) is 17.3 Å². The zero-order valence-corrected chi connectivity index (χ0v) is 9.23. The molecule has 1 heterocycles. The first-order chi connectivity index (χ1) is 7.18. The van der Waals surface area contributed by atoms with Crippen LogP contribution in [0.2, 0.25) is 5.02 Å². The van der Waals surface area contributed by atoms with Crippen LogP contribution in [0.4, 0.5) is 4.39 Å². The van der Waals surface area contributed by atoms with Crippen molar-refractivity contribution in [3.63, 3.8) is 0 Å². The first-order valence-corrected chi connectivity index (χ1v) is 5.54. The van der Waals surface area contributed by atoms with Crippen molar-refractivity contribution in [3.8, 4) is 0 Å². The van der Waals surface area contributed by atoms with E-state index in [0.29, 0.717) is 15.6 Å². The van der Waals surface area contributed by atoms with Gasteiger partial charge in [-0.2, -0.15) is 0 Å². The monoisotopic (exact) mass is 242 g/mol. The average Bonchev–Trinajstić information content (AvgIpc) is 2.74. The summed E-state index contributed by atoms with van der Waals surface area (Å²) in [6.45, 7) is 0. The van der Waals surface area contributed by atoms with E-state index in [-0.39, 0.29) is 5.82 Å². The summed E-state index contributed by atoms with van der Waals surface area (Å²) in [5, 5.41) is 2.95. The number of thiazole rings is 1. The first kappa shape index (κ1) is 10.5. The topological polar surface area (TPSA) is 38.9 Å². The fourth-order valence-corrected chi connectivity index (χ4v) is 2.11. The Morgan fingerprint density at radius 2 is 2.27 bits per heavy atom. The van der Waals surface area contributed by atoms with Crippen LogP contribution in [0.3, 0.4) is 0 Å². The Kier molecular flexibility index (Phi) is 3.00. The van der Waals surface area contributed by atoms with Crippen molar-refractivity contribution in [1.82, 2.24) is 4.98 Å². The van der Waals surface area contributed by atoms with Crippen molar-refractivity contribution in [2.24, 2.45) is 5.73 Å². The lowest BCUT2D eigenvalue weighted by Crippen LogP contribution is -2.13. The molecule has 1 aromatic carbocycles. The van der Waals surface area contributed by atoms with Gasteiger partial charge in [-0.25, -0.2) is 9.37 Å². The van der Waals surface area contributed by atoms with Gasteiger partial charge in [0.05, 0.1) is 6.04 Å². The van der Waals surface area contributed by atoms with Gasteiger partial charge in [-0.3, -0.25) is 0 Å². The molecular formula is C10H8ClFN2S. The van der Waals surface area contributed by atoms with Gasteiger partial charge in [0.1, 0.15) is 10.8 Å². The largest absolute Gasteiger partial charge is 0.318 e. The summed E-state index contributed by atoms with van der Waals surface area (Å²) in [6.07, 6.45) is 1.64. The van der Waals surface area contributed by atoms with Crippen molar-refractivity contribution >= 4 is 22.9 Å². The number of halogens is 2. The maximum atomic E-state index is 13.5. The molecule has 5 heteroatoms. The highest BCUT2D eigenvalue weighted by atomic mass is 35.5. The second-order valence-electron chi connectivity index (χ2n) is 3.01. The smallest absolute Gasteiger partial charge is 0.128 e. The Balaban J connectivity index is 2.41. The number of benzene rings is 1. The molecule has 1 atom stereocenters. The summed E-state index contributed by atoms with van der Waals surface area (Å²) in [7, 11) is 0. The minimum Gasteiger partial charge on any atom is -0.318 e. The van der Waals surface area contributed by atoms with Crippen LogP contribution in [-0.2, 0) is 0 Å². The molecule has 0 aliphatic heterocycles. The third-order valence-electron chi connectivity index (χ3n) is 2.01. The molecule has 1 aromatic heterocycles. The molecule has 0 bridgehead atoms. The van der Waals surface area contributed by atoms with Crippen molar-refractivity contribution < 1.29 is 4.39 Å². The van der Waals surface area contributed by atoms with Crippen LogP contribution in [0.15, 0.2) is 29.8 Å². The van der Waals surface area contributed by atoms with E-state index < -0.39 is 6.04 Å². The van der Waals surface area contributed by atoms with Gasteiger partial charge in [0.25, 0.3) is 0 Å². The van der Waals surface area contributed by atoms with E-state index in [0.717, 1.165) is 0 Å². The molecule has 0 saturated carbocycles. The number of rotatable bonds is 2. The molecule has 0 saturated heterocycles. The number of nitrogens with zero attached hydrogens (tertiary/aromatic N) is 1. The Labute approximate surface area is 95.5 Å². The molecule has 0 aliphatic rings. The molecule has 2 rings (SSSR count). The standard InChI is InChI=1S/C10H8ClFN2S/c11-6-1-2-8(12)7(5-6)9(13)10-14-3-4-15-10/h1-5,9H,13H2. The molecule has 0 aliphatic carbocycles. The SMILES string of the molecule is NC(c1nccs1)c1cc(Cl)ccc1F. The van der Waals surface area contributed by atoms with Crippen LogP contribution < -0.4 is 5.73 Å². The molecule has 0 radical (unpaired) electrons. The highest BCUT2D eigenvalue weighted by Crippen LogP contribution is 2.25. The van der Waals surface area contributed by atoms with Gasteiger partial charge in [0, 0.05) is 22.2 Å². The Morgan fingerprint density at radius 1 is 1.47 bits per heavy atom. The summed E-state index contributed by atoms with van der Waals surface area (Å²) < 4.78 is 13.5. The summed E-state index contributed by atoms with van der Waals surface area (Å²) in [5.74, 6) is -0.359.